The first-order valence-corrected chi connectivity index (χ1v) is 9.88. The lowest BCUT2D eigenvalue weighted by molar-refractivity contribution is 0.101. The molecule has 1 heterocycles. The number of nitrogens with zero attached hydrogens (tertiary/aromatic N) is 2. The van der Waals surface area contributed by atoms with Gasteiger partial charge in [0.05, 0.1) is 18.3 Å². The summed E-state index contributed by atoms with van der Waals surface area (Å²) in [5.41, 5.74) is -0.0168. The molecule has 0 fully saturated rings. The average Bonchev–Trinajstić information content (AvgIpc) is 2.93. The second kappa shape index (κ2) is 8.01. The summed E-state index contributed by atoms with van der Waals surface area (Å²) < 4.78 is 31.6. The molecule has 2 rings (SSSR count). The Kier molecular flexibility index (Phi) is 6.24. The molecule has 1 aromatic heterocycles. The number of hydrogen-bond acceptors (Lipinski definition) is 5. The third-order valence-electron chi connectivity index (χ3n) is 3.71. The largest absolute Gasteiger partial charge is 0.497 e. The van der Waals surface area contributed by atoms with E-state index < -0.39 is 21.4 Å². The Labute approximate surface area is 152 Å². The lowest BCUT2D eigenvalue weighted by Crippen LogP contribution is -2.17. The van der Waals surface area contributed by atoms with Gasteiger partial charge in [-0.05, 0) is 30.5 Å². The van der Waals surface area contributed by atoms with E-state index in [0.29, 0.717) is 18.2 Å². The second-order valence-electron chi connectivity index (χ2n) is 6.12. The van der Waals surface area contributed by atoms with Crippen molar-refractivity contribution < 1.29 is 17.9 Å². The number of aromatic nitrogens is 2. The molecule has 0 unspecified atom stereocenters. The van der Waals surface area contributed by atoms with Gasteiger partial charge in [-0.3, -0.25) is 4.79 Å². The van der Waals surface area contributed by atoms with Gasteiger partial charge in [0.25, 0.3) is 0 Å². The van der Waals surface area contributed by atoms with E-state index in [1.807, 2.05) is 0 Å². The molecule has 2 aromatic rings. The van der Waals surface area contributed by atoms with E-state index in [1.54, 1.807) is 16.7 Å². The molecule has 0 spiro atoms. The van der Waals surface area contributed by atoms with E-state index in [9.17, 15) is 13.2 Å². The summed E-state index contributed by atoms with van der Waals surface area (Å²) in [5.74, 6) is -0.437. The van der Waals surface area contributed by atoms with E-state index in [2.05, 4.69) is 18.8 Å². The predicted molar refractivity (Wildman–Crippen MR) is 96.1 cm³/mol. The van der Waals surface area contributed by atoms with Crippen LogP contribution in [-0.4, -0.2) is 36.6 Å². The van der Waals surface area contributed by atoms with Gasteiger partial charge in [0, 0.05) is 6.54 Å². The van der Waals surface area contributed by atoms with Crippen LogP contribution in [0.1, 0.15) is 30.8 Å². The van der Waals surface area contributed by atoms with Crippen molar-refractivity contribution in [3.05, 3.63) is 41.4 Å². The van der Waals surface area contributed by atoms with Crippen LogP contribution in [0.15, 0.2) is 35.5 Å². The molecule has 0 saturated carbocycles. The van der Waals surface area contributed by atoms with E-state index in [4.69, 9.17) is 16.3 Å². The highest BCUT2D eigenvalue weighted by Crippen LogP contribution is 2.21. The molecule has 0 aliphatic carbocycles. The topological polar surface area (TPSA) is 78.3 Å². The quantitative estimate of drug-likeness (QED) is 0.653. The zero-order valence-electron chi connectivity index (χ0n) is 14.4. The summed E-state index contributed by atoms with van der Waals surface area (Å²) in [6, 6.07) is 6.00. The molecule has 0 bridgehead atoms. The van der Waals surface area contributed by atoms with Crippen LogP contribution in [0.2, 0.25) is 5.15 Å². The van der Waals surface area contributed by atoms with Gasteiger partial charge in [-0.25, -0.2) is 13.4 Å². The van der Waals surface area contributed by atoms with E-state index in [1.165, 1.54) is 25.6 Å². The number of benzene rings is 1. The van der Waals surface area contributed by atoms with Crippen molar-refractivity contribution in [1.82, 2.24) is 9.55 Å². The summed E-state index contributed by atoms with van der Waals surface area (Å²) in [6.07, 6.45) is 2.35. The molecule has 136 valence electrons. The molecule has 25 heavy (non-hydrogen) atoms. The maximum absolute atomic E-state index is 12.5. The Balaban J connectivity index is 2.18. The molecule has 0 N–H and O–H groups in total. The number of ketones is 1. The van der Waals surface area contributed by atoms with Gasteiger partial charge in [-0.1, -0.05) is 31.5 Å². The number of halogens is 1. The number of Topliss-reactive ketones (excluding diaryl/α,β-unsaturated/α-hetero) is 1. The number of rotatable bonds is 8. The van der Waals surface area contributed by atoms with Gasteiger partial charge in [0.15, 0.2) is 15.6 Å². The third kappa shape index (κ3) is 4.83. The minimum absolute atomic E-state index is 0.0168. The molecule has 0 atom stereocenters. The maximum atomic E-state index is 12.5. The minimum Gasteiger partial charge on any atom is -0.497 e. The lowest BCUT2D eigenvalue weighted by Gasteiger charge is -2.07. The highest BCUT2D eigenvalue weighted by molar-refractivity contribution is 7.92. The number of methoxy groups -OCH3 is 1. The molecule has 6 nitrogen and oxygen atoms in total. The number of hydrogen-bond donors (Lipinski definition) is 0. The molecule has 0 radical (unpaired) electrons. The predicted octanol–water partition coefficient (Wildman–Crippen LogP) is 3.25. The van der Waals surface area contributed by atoms with Crippen LogP contribution < -0.4 is 4.74 Å². The summed E-state index contributed by atoms with van der Waals surface area (Å²) in [6.45, 7) is 4.79. The maximum Gasteiger partial charge on any atom is 0.199 e. The summed E-state index contributed by atoms with van der Waals surface area (Å²) in [5, 5.41) is 0.173. The van der Waals surface area contributed by atoms with Crippen molar-refractivity contribution in [2.24, 2.45) is 5.92 Å². The Morgan fingerprint density at radius 2 is 2.08 bits per heavy atom. The fourth-order valence-corrected chi connectivity index (χ4v) is 3.74. The summed E-state index contributed by atoms with van der Waals surface area (Å²) >= 11 is 6.19. The third-order valence-corrected chi connectivity index (χ3v) is 5.72. The van der Waals surface area contributed by atoms with Crippen LogP contribution >= 0.6 is 11.6 Å². The summed E-state index contributed by atoms with van der Waals surface area (Å²) in [4.78, 5) is 16.4. The van der Waals surface area contributed by atoms with Gasteiger partial charge in [0.1, 0.15) is 22.3 Å². The monoisotopic (exact) mass is 384 g/mol. The van der Waals surface area contributed by atoms with E-state index in [0.717, 1.165) is 6.42 Å². The first kappa shape index (κ1) is 19.5. The number of imidazole rings is 1. The Morgan fingerprint density at radius 1 is 1.36 bits per heavy atom. The van der Waals surface area contributed by atoms with Crippen molar-refractivity contribution in [1.29, 1.82) is 0 Å². The van der Waals surface area contributed by atoms with Crippen LogP contribution in [0, 0.1) is 5.92 Å². The number of ether oxygens (including phenoxy) is 1. The van der Waals surface area contributed by atoms with Crippen LogP contribution in [0.5, 0.6) is 5.75 Å². The fraction of sp³-hybridized carbons (Fsp3) is 0.412. The van der Waals surface area contributed by atoms with E-state index >= 15 is 0 Å². The van der Waals surface area contributed by atoms with Gasteiger partial charge in [-0.2, -0.15) is 0 Å². The number of sulfone groups is 1. The zero-order valence-corrected chi connectivity index (χ0v) is 16.0. The van der Waals surface area contributed by atoms with Crippen LogP contribution in [-0.2, 0) is 16.4 Å². The van der Waals surface area contributed by atoms with Crippen LogP contribution in [0.25, 0.3) is 0 Å². The average molecular weight is 385 g/mol. The highest BCUT2D eigenvalue weighted by Gasteiger charge is 2.25. The number of carbonyl (C=O) groups excluding carboxylic acids is 1. The van der Waals surface area contributed by atoms with Gasteiger partial charge in [0.2, 0.25) is 0 Å². The molecule has 0 saturated heterocycles. The number of carbonyl (C=O) groups is 1. The van der Waals surface area contributed by atoms with Crippen LogP contribution in [0.3, 0.4) is 0 Å². The van der Waals surface area contributed by atoms with Gasteiger partial charge < -0.3 is 9.30 Å². The number of aryl methyl sites for hydroxylation is 1. The molecular weight excluding hydrogens is 364 g/mol. The van der Waals surface area contributed by atoms with Crippen molar-refractivity contribution in [2.75, 3.05) is 12.9 Å². The standard InChI is InChI=1S/C17H21ClN2O4S/c1-12(2)7-8-20-11-19-16(17(20)18)15(21)10-25(22,23)14-6-4-5-13(9-14)24-3/h4-6,9,11-12H,7-8,10H2,1-3H3. The molecule has 0 aliphatic heterocycles. The molecule has 8 heteroatoms. The van der Waals surface area contributed by atoms with E-state index in [-0.39, 0.29) is 15.7 Å². The SMILES string of the molecule is COc1cccc(S(=O)(=O)CC(=O)c2ncn(CCC(C)C)c2Cl)c1. The zero-order chi connectivity index (χ0) is 18.6. The van der Waals surface area contributed by atoms with Crippen LogP contribution in [0.4, 0.5) is 0 Å². The second-order valence-corrected chi connectivity index (χ2v) is 8.47. The van der Waals surface area contributed by atoms with Crippen molar-refractivity contribution in [3.63, 3.8) is 0 Å². The molecule has 0 aliphatic rings. The molecule has 1 aromatic carbocycles. The molecule has 0 amide bonds. The fourth-order valence-electron chi connectivity index (χ4n) is 2.23. The molecular formula is C17H21ClN2O4S. The van der Waals surface area contributed by atoms with Gasteiger partial charge in [-0.15, -0.1) is 0 Å². The highest BCUT2D eigenvalue weighted by atomic mass is 35.5. The summed E-state index contributed by atoms with van der Waals surface area (Å²) in [7, 11) is -2.37. The van der Waals surface area contributed by atoms with Gasteiger partial charge >= 0.3 is 0 Å². The smallest absolute Gasteiger partial charge is 0.199 e. The Morgan fingerprint density at radius 3 is 2.72 bits per heavy atom. The first-order valence-electron chi connectivity index (χ1n) is 7.85. The Bertz CT molecular complexity index is 859. The lowest BCUT2D eigenvalue weighted by atomic mass is 10.1. The minimum atomic E-state index is -3.81. The van der Waals surface area contributed by atoms with Crippen molar-refractivity contribution in [3.8, 4) is 5.75 Å². The van der Waals surface area contributed by atoms with Crippen molar-refractivity contribution >= 4 is 27.2 Å². The van der Waals surface area contributed by atoms with Crippen molar-refractivity contribution in [2.45, 2.75) is 31.7 Å². The first-order chi connectivity index (χ1) is 11.7. The normalized spacial score (nSPS) is 11.7. The Hall–Kier alpha value is -1.86.